The summed E-state index contributed by atoms with van der Waals surface area (Å²) >= 11 is 0. The maximum Gasteiger partial charge on any atom is 0.238 e. The molecule has 1 saturated carbocycles. The smallest absolute Gasteiger partial charge is 0.238 e. The molecule has 1 N–H and O–H groups in total. The van der Waals surface area contributed by atoms with Crippen molar-refractivity contribution in [2.75, 3.05) is 25.0 Å². The number of likely N-dealkylation sites (tertiary alicyclic amines) is 1. The highest BCUT2D eigenvalue weighted by Crippen LogP contribution is 2.41. The Morgan fingerprint density at radius 1 is 1.25 bits per heavy atom. The van der Waals surface area contributed by atoms with E-state index in [1.807, 2.05) is 18.2 Å². The Bertz CT molecular complexity index is 482. The number of anilines is 1. The monoisotopic (exact) mass is 272 g/mol. The van der Waals surface area contributed by atoms with Gasteiger partial charge in [-0.15, -0.1) is 0 Å². The number of hydrogen-bond donors (Lipinski definition) is 1. The van der Waals surface area contributed by atoms with E-state index in [2.05, 4.69) is 23.2 Å². The van der Waals surface area contributed by atoms with E-state index in [-0.39, 0.29) is 5.91 Å². The highest BCUT2D eigenvalue weighted by Gasteiger charge is 2.36. The quantitative estimate of drug-likeness (QED) is 0.894. The molecule has 3 nitrogen and oxygen atoms in total. The van der Waals surface area contributed by atoms with Gasteiger partial charge >= 0.3 is 0 Å². The van der Waals surface area contributed by atoms with E-state index in [1.54, 1.807) is 0 Å². The van der Waals surface area contributed by atoms with Gasteiger partial charge in [0.05, 0.1) is 6.54 Å². The lowest BCUT2D eigenvalue weighted by molar-refractivity contribution is -0.117. The van der Waals surface area contributed by atoms with Gasteiger partial charge in [-0.1, -0.05) is 25.1 Å². The van der Waals surface area contributed by atoms with Gasteiger partial charge in [0.1, 0.15) is 0 Å². The van der Waals surface area contributed by atoms with Gasteiger partial charge in [-0.2, -0.15) is 0 Å². The molecule has 1 aliphatic heterocycles. The zero-order valence-electron chi connectivity index (χ0n) is 12.3. The minimum atomic E-state index is 0.127. The summed E-state index contributed by atoms with van der Waals surface area (Å²) in [7, 11) is 0. The van der Waals surface area contributed by atoms with Crippen LogP contribution in [0.1, 0.15) is 31.7 Å². The van der Waals surface area contributed by atoms with Crippen molar-refractivity contribution in [2.45, 2.75) is 32.6 Å². The van der Waals surface area contributed by atoms with Crippen LogP contribution in [0.25, 0.3) is 0 Å². The van der Waals surface area contributed by atoms with Gasteiger partial charge in [0, 0.05) is 12.2 Å². The molecule has 0 radical (unpaired) electrons. The van der Waals surface area contributed by atoms with Gasteiger partial charge in [-0.25, -0.2) is 0 Å². The number of carbonyl (C=O) groups excluding carboxylic acids is 1. The molecule has 1 aromatic carbocycles. The summed E-state index contributed by atoms with van der Waals surface area (Å²) in [6.07, 6.45) is 5.05. The summed E-state index contributed by atoms with van der Waals surface area (Å²) in [5.41, 5.74) is 2.18. The fourth-order valence-corrected chi connectivity index (χ4v) is 3.30. The summed E-state index contributed by atoms with van der Waals surface area (Å²) in [6, 6.07) is 8.07. The summed E-state index contributed by atoms with van der Waals surface area (Å²) in [5.74, 6) is 1.94. The number of nitrogens with one attached hydrogen (secondary N) is 1. The number of nitrogens with zero attached hydrogens (tertiary/aromatic N) is 1. The molecule has 3 heteroatoms. The van der Waals surface area contributed by atoms with Gasteiger partial charge in [0.15, 0.2) is 0 Å². The van der Waals surface area contributed by atoms with Crippen LogP contribution in [-0.4, -0.2) is 30.4 Å². The fraction of sp³-hybridized carbons (Fsp3) is 0.588. The fourth-order valence-electron chi connectivity index (χ4n) is 3.30. The predicted octanol–water partition coefficient (Wildman–Crippen LogP) is 2.92. The third-order valence-corrected chi connectivity index (χ3v) is 4.64. The Morgan fingerprint density at radius 3 is 2.80 bits per heavy atom. The van der Waals surface area contributed by atoms with Crippen molar-refractivity contribution in [3.63, 3.8) is 0 Å². The summed E-state index contributed by atoms with van der Waals surface area (Å²) in [4.78, 5) is 14.5. The Kier molecular flexibility index (Phi) is 4.06. The molecule has 2 fully saturated rings. The minimum absolute atomic E-state index is 0.127. The van der Waals surface area contributed by atoms with E-state index >= 15 is 0 Å². The van der Waals surface area contributed by atoms with Crippen LogP contribution < -0.4 is 5.32 Å². The average Bonchev–Trinajstić information content (AvgIpc) is 3.20. The lowest BCUT2D eigenvalue weighted by Crippen LogP contribution is -2.32. The molecule has 1 saturated heterocycles. The number of carbonyl (C=O) groups is 1. The normalized spacial score (nSPS) is 22.9. The van der Waals surface area contributed by atoms with Crippen LogP contribution in [0.4, 0.5) is 5.69 Å². The molecule has 20 heavy (non-hydrogen) atoms. The van der Waals surface area contributed by atoms with Crippen LogP contribution in [0.2, 0.25) is 0 Å². The Balaban J connectivity index is 1.52. The number of rotatable bonds is 5. The minimum Gasteiger partial charge on any atom is -0.325 e. The van der Waals surface area contributed by atoms with Crippen LogP contribution in [0.15, 0.2) is 24.3 Å². The lowest BCUT2D eigenvalue weighted by atomic mass is 10.0. The second-order valence-corrected chi connectivity index (χ2v) is 6.18. The predicted molar refractivity (Wildman–Crippen MR) is 81.7 cm³/mol. The standard InChI is InChI=1S/C17H24N2O/c1-2-13-5-3-4-6-16(13)18-17(20)12-19-10-9-15(11-19)14-7-8-14/h3-6,14-15H,2,7-12H2,1H3,(H,18,20). The van der Waals surface area contributed by atoms with Gasteiger partial charge in [-0.3, -0.25) is 9.69 Å². The van der Waals surface area contributed by atoms with E-state index in [4.69, 9.17) is 0 Å². The average molecular weight is 272 g/mol. The van der Waals surface area contributed by atoms with Crippen molar-refractivity contribution in [1.29, 1.82) is 0 Å². The summed E-state index contributed by atoms with van der Waals surface area (Å²) in [5, 5.41) is 3.07. The third-order valence-electron chi connectivity index (χ3n) is 4.64. The second-order valence-electron chi connectivity index (χ2n) is 6.18. The first-order valence-electron chi connectivity index (χ1n) is 7.86. The first-order chi connectivity index (χ1) is 9.76. The molecular formula is C17H24N2O. The molecule has 3 rings (SSSR count). The number of aryl methyl sites for hydroxylation is 1. The van der Waals surface area contributed by atoms with Crippen molar-refractivity contribution in [3.05, 3.63) is 29.8 Å². The zero-order chi connectivity index (χ0) is 13.9. The number of hydrogen-bond acceptors (Lipinski definition) is 2. The van der Waals surface area contributed by atoms with E-state index in [0.717, 1.165) is 37.0 Å². The Hall–Kier alpha value is -1.35. The van der Waals surface area contributed by atoms with Crippen LogP contribution in [0.5, 0.6) is 0 Å². The highest BCUT2D eigenvalue weighted by molar-refractivity contribution is 5.93. The molecule has 1 aromatic rings. The SMILES string of the molecule is CCc1ccccc1NC(=O)CN1CCC(C2CC2)C1. The van der Waals surface area contributed by atoms with Crippen molar-refractivity contribution in [2.24, 2.45) is 11.8 Å². The van der Waals surface area contributed by atoms with Gasteiger partial charge < -0.3 is 5.32 Å². The maximum atomic E-state index is 12.2. The molecule has 1 atom stereocenters. The van der Waals surface area contributed by atoms with Crippen LogP contribution in [0, 0.1) is 11.8 Å². The van der Waals surface area contributed by atoms with E-state index in [9.17, 15) is 4.79 Å². The first kappa shape index (κ1) is 13.6. The Morgan fingerprint density at radius 2 is 2.05 bits per heavy atom. The van der Waals surface area contributed by atoms with Gasteiger partial charge in [0.2, 0.25) is 5.91 Å². The van der Waals surface area contributed by atoms with E-state index in [1.165, 1.54) is 24.8 Å². The number of amides is 1. The molecule has 108 valence electrons. The largest absolute Gasteiger partial charge is 0.325 e. The first-order valence-corrected chi connectivity index (χ1v) is 7.86. The molecule has 2 aliphatic rings. The molecule has 0 spiro atoms. The van der Waals surface area contributed by atoms with E-state index < -0.39 is 0 Å². The molecule has 0 bridgehead atoms. The molecular weight excluding hydrogens is 248 g/mol. The summed E-state index contributed by atoms with van der Waals surface area (Å²) < 4.78 is 0. The van der Waals surface area contributed by atoms with Crippen LogP contribution in [-0.2, 0) is 11.2 Å². The van der Waals surface area contributed by atoms with Crippen LogP contribution in [0.3, 0.4) is 0 Å². The second kappa shape index (κ2) is 5.96. The van der Waals surface area contributed by atoms with Crippen molar-refractivity contribution in [3.8, 4) is 0 Å². The molecule has 0 aromatic heterocycles. The van der Waals surface area contributed by atoms with Crippen molar-refractivity contribution in [1.82, 2.24) is 4.90 Å². The zero-order valence-corrected chi connectivity index (χ0v) is 12.3. The maximum absolute atomic E-state index is 12.2. The van der Waals surface area contributed by atoms with Crippen molar-refractivity contribution >= 4 is 11.6 Å². The molecule has 1 amide bonds. The lowest BCUT2D eigenvalue weighted by Gasteiger charge is -2.16. The Labute approximate surface area is 121 Å². The molecule has 1 unspecified atom stereocenters. The molecule has 1 aliphatic carbocycles. The molecule has 1 heterocycles. The van der Waals surface area contributed by atoms with Crippen LogP contribution >= 0.6 is 0 Å². The number of para-hydroxylation sites is 1. The topological polar surface area (TPSA) is 32.3 Å². The van der Waals surface area contributed by atoms with E-state index in [0.29, 0.717) is 6.54 Å². The number of benzene rings is 1. The summed E-state index contributed by atoms with van der Waals surface area (Å²) in [6.45, 7) is 4.87. The third kappa shape index (κ3) is 3.21. The van der Waals surface area contributed by atoms with Gasteiger partial charge in [0.25, 0.3) is 0 Å². The highest BCUT2D eigenvalue weighted by atomic mass is 16.2. The van der Waals surface area contributed by atoms with Gasteiger partial charge in [-0.05, 0) is 55.7 Å². The van der Waals surface area contributed by atoms with Crippen molar-refractivity contribution < 1.29 is 4.79 Å².